The number of fused-ring (bicyclic) bond motifs is 1. The zero-order valence-electron chi connectivity index (χ0n) is 13.6. The summed E-state index contributed by atoms with van der Waals surface area (Å²) in [5, 5.41) is 5.20. The van der Waals surface area contributed by atoms with E-state index in [0.717, 1.165) is 12.1 Å². The second-order valence-corrected chi connectivity index (χ2v) is 7.53. The van der Waals surface area contributed by atoms with E-state index in [0.29, 0.717) is 11.9 Å². The SMILES string of the molecule is CN(C)CCn1nc(S(=O)(=O)c2ccccc2)c2ccccc21.Cl. The van der Waals surface area contributed by atoms with Crippen LogP contribution in [0.4, 0.5) is 0 Å². The van der Waals surface area contributed by atoms with Crippen molar-refractivity contribution in [2.45, 2.75) is 16.5 Å². The molecule has 0 fully saturated rings. The van der Waals surface area contributed by atoms with Crippen molar-refractivity contribution in [1.29, 1.82) is 0 Å². The standard InChI is InChI=1S/C17H19N3O2S.ClH/c1-19(2)12-13-20-16-11-7-6-10-15(16)17(18-20)23(21,22)14-8-4-3-5-9-14;/h3-11H,12-13H2,1-2H3;1H. The van der Waals surface area contributed by atoms with Gasteiger partial charge in [-0.15, -0.1) is 12.4 Å². The predicted octanol–water partition coefficient (Wildman–Crippen LogP) is 2.85. The largest absolute Gasteiger partial charge is 0.308 e. The Labute approximate surface area is 148 Å². The van der Waals surface area contributed by atoms with Gasteiger partial charge >= 0.3 is 0 Å². The fourth-order valence-electron chi connectivity index (χ4n) is 2.47. The maximum absolute atomic E-state index is 12.9. The number of nitrogens with zero attached hydrogens (tertiary/aromatic N) is 3. The fraction of sp³-hybridized carbons (Fsp3) is 0.235. The van der Waals surface area contributed by atoms with Crippen LogP contribution in [-0.4, -0.2) is 43.7 Å². The van der Waals surface area contributed by atoms with E-state index in [9.17, 15) is 8.42 Å². The van der Waals surface area contributed by atoms with Crippen molar-refractivity contribution in [1.82, 2.24) is 14.7 Å². The second-order valence-electron chi connectivity index (χ2n) is 5.67. The van der Waals surface area contributed by atoms with Crippen LogP contribution in [0.1, 0.15) is 0 Å². The lowest BCUT2D eigenvalue weighted by atomic mass is 10.2. The summed E-state index contributed by atoms with van der Waals surface area (Å²) < 4.78 is 27.6. The van der Waals surface area contributed by atoms with Crippen LogP contribution in [-0.2, 0) is 16.4 Å². The molecule has 0 N–H and O–H groups in total. The molecule has 0 amide bonds. The van der Waals surface area contributed by atoms with Crippen LogP contribution in [0.15, 0.2) is 64.5 Å². The molecule has 0 aliphatic heterocycles. The molecule has 24 heavy (non-hydrogen) atoms. The Balaban J connectivity index is 0.00000208. The molecule has 0 aliphatic carbocycles. The Morgan fingerprint density at radius 2 is 1.62 bits per heavy atom. The van der Waals surface area contributed by atoms with Crippen molar-refractivity contribution < 1.29 is 8.42 Å². The molecule has 0 aliphatic rings. The van der Waals surface area contributed by atoms with Gasteiger partial charge in [0.25, 0.3) is 0 Å². The van der Waals surface area contributed by atoms with Gasteiger partial charge in [-0.05, 0) is 38.4 Å². The molecule has 3 aromatic rings. The maximum Gasteiger partial charge on any atom is 0.226 e. The van der Waals surface area contributed by atoms with Gasteiger partial charge in [-0.2, -0.15) is 5.10 Å². The first-order valence-electron chi connectivity index (χ1n) is 7.40. The molecular formula is C17H20ClN3O2S. The number of hydrogen-bond acceptors (Lipinski definition) is 4. The van der Waals surface area contributed by atoms with Gasteiger partial charge in [-0.1, -0.05) is 30.3 Å². The van der Waals surface area contributed by atoms with E-state index < -0.39 is 9.84 Å². The monoisotopic (exact) mass is 365 g/mol. The number of para-hydroxylation sites is 1. The molecule has 0 atom stereocenters. The Morgan fingerprint density at radius 3 is 2.29 bits per heavy atom. The molecule has 128 valence electrons. The van der Waals surface area contributed by atoms with Crippen molar-refractivity contribution in [3.8, 4) is 0 Å². The summed E-state index contributed by atoms with van der Waals surface area (Å²) in [4.78, 5) is 2.31. The quantitative estimate of drug-likeness (QED) is 0.697. The molecule has 1 heterocycles. The minimum Gasteiger partial charge on any atom is -0.308 e. The van der Waals surface area contributed by atoms with Crippen molar-refractivity contribution in [3.05, 3.63) is 54.6 Å². The average Bonchev–Trinajstić information content (AvgIpc) is 2.93. The summed E-state index contributed by atoms with van der Waals surface area (Å²) in [5.41, 5.74) is 0.837. The summed E-state index contributed by atoms with van der Waals surface area (Å²) >= 11 is 0. The van der Waals surface area contributed by atoms with Crippen molar-refractivity contribution in [2.75, 3.05) is 20.6 Å². The maximum atomic E-state index is 12.9. The number of rotatable bonds is 5. The van der Waals surface area contributed by atoms with Gasteiger partial charge in [0.1, 0.15) is 0 Å². The highest BCUT2D eigenvalue weighted by atomic mass is 35.5. The predicted molar refractivity (Wildman–Crippen MR) is 97.4 cm³/mol. The third-order valence-corrected chi connectivity index (χ3v) is 5.39. The Morgan fingerprint density at radius 1 is 1.00 bits per heavy atom. The molecule has 7 heteroatoms. The van der Waals surface area contributed by atoms with Crippen LogP contribution in [0.5, 0.6) is 0 Å². The fourth-order valence-corrected chi connectivity index (χ4v) is 3.88. The van der Waals surface area contributed by atoms with Gasteiger partial charge < -0.3 is 4.90 Å². The van der Waals surface area contributed by atoms with Crippen molar-refractivity contribution >= 4 is 33.1 Å². The molecule has 2 aromatic carbocycles. The number of hydrogen-bond donors (Lipinski definition) is 0. The lowest BCUT2D eigenvalue weighted by molar-refractivity contribution is 0.375. The molecule has 5 nitrogen and oxygen atoms in total. The lowest BCUT2D eigenvalue weighted by Crippen LogP contribution is -2.19. The summed E-state index contributed by atoms with van der Waals surface area (Å²) in [5.74, 6) is 0. The highest BCUT2D eigenvalue weighted by molar-refractivity contribution is 7.91. The normalized spacial score (nSPS) is 11.6. The van der Waals surface area contributed by atoms with Crippen LogP contribution in [0, 0.1) is 0 Å². The molecule has 0 bridgehead atoms. The van der Waals surface area contributed by atoms with Crippen LogP contribution in [0.3, 0.4) is 0 Å². The minimum absolute atomic E-state index is 0. The summed E-state index contributed by atoms with van der Waals surface area (Å²) in [7, 11) is 0.330. The Bertz CT molecular complexity index is 921. The van der Waals surface area contributed by atoms with Crippen molar-refractivity contribution in [2.24, 2.45) is 0 Å². The van der Waals surface area contributed by atoms with Gasteiger partial charge in [-0.3, -0.25) is 4.68 Å². The molecule has 0 saturated heterocycles. The smallest absolute Gasteiger partial charge is 0.226 e. The topological polar surface area (TPSA) is 55.2 Å². The Hall–Kier alpha value is -1.89. The summed E-state index contributed by atoms with van der Waals surface area (Å²) in [6.07, 6.45) is 0. The minimum atomic E-state index is -3.63. The first-order valence-corrected chi connectivity index (χ1v) is 8.89. The van der Waals surface area contributed by atoms with Crippen LogP contribution in [0.25, 0.3) is 10.9 Å². The van der Waals surface area contributed by atoms with E-state index in [1.807, 2.05) is 43.3 Å². The zero-order chi connectivity index (χ0) is 16.4. The third kappa shape index (κ3) is 3.45. The van der Waals surface area contributed by atoms with Gasteiger partial charge in [0.05, 0.1) is 17.0 Å². The number of halogens is 1. The number of likely N-dealkylation sites (N-methyl/N-ethyl adjacent to an activating group) is 1. The zero-order valence-corrected chi connectivity index (χ0v) is 15.2. The number of aromatic nitrogens is 2. The van der Waals surface area contributed by atoms with Crippen LogP contribution >= 0.6 is 12.4 Å². The van der Waals surface area contributed by atoms with E-state index in [1.165, 1.54) is 0 Å². The number of benzene rings is 2. The Kier molecular flexibility index (Phi) is 5.64. The first-order chi connectivity index (χ1) is 11.0. The second kappa shape index (κ2) is 7.34. The molecule has 0 spiro atoms. The molecular weight excluding hydrogens is 346 g/mol. The van der Waals surface area contributed by atoms with E-state index in [1.54, 1.807) is 35.0 Å². The first kappa shape index (κ1) is 18.4. The van der Waals surface area contributed by atoms with E-state index in [4.69, 9.17) is 0 Å². The van der Waals surface area contributed by atoms with Gasteiger partial charge in [0.15, 0.2) is 5.03 Å². The molecule has 0 unspecified atom stereocenters. The molecule has 0 saturated carbocycles. The van der Waals surface area contributed by atoms with Gasteiger partial charge in [0, 0.05) is 11.9 Å². The average molecular weight is 366 g/mol. The van der Waals surface area contributed by atoms with Gasteiger partial charge in [0.2, 0.25) is 9.84 Å². The lowest BCUT2D eigenvalue weighted by Gasteiger charge is -2.09. The van der Waals surface area contributed by atoms with E-state index in [2.05, 4.69) is 5.10 Å². The summed E-state index contributed by atoms with van der Waals surface area (Å²) in [6, 6.07) is 15.9. The van der Waals surface area contributed by atoms with Gasteiger partial charge in [-0.25, -0.2) is 8.42 Å². The molecule has 0 radical (unpaired) electrons. The highest BCUT2D eigenvalue weighted by Gasteiger charge is 2.24. The van der Waals surface area contributed by atoms with Crippen molar-refractivity contribution in [3.63, 3.8) is 0 Å². The highest BCUT2D eigenvalue weighted by Crippen LogP contribution is 2.27. The van der Waals surface area contributed by atoms with Crippen LogP contribution in [0.2, 0.25) is 0 Å². The summed E-state index contributed by atoms with van der Waals surface area (Å²) in [6.45, 7) is 1.42. The third-order valence-electron chi connectivity index (χ3n) is 3.69. The molecule has 1 aromatic heterocycles. The van der Waals surface area contributed by atoms with E-state index >= 15 is 0 Å². The van der Waals surface area contributed by atoms with E-state index in [-0.39, 0.29) is 22.3 Å². The number of sulfone groups is 1. The molecule has 3 rings (SSSR count). The van der Waals surface area contributed by atoms with Crippen LogP contribution < -0.4 is 0 Å².